The fraction of sp³-hybridized carbons (Fsp3) is 0.158. The summed E-state index contributed by atoms with van der Waals surface area (Å²) in [5.41, 5.74) is 3.29. The molecule has 0 saturated carbocycles. The number of aryl methyl sites for hydroxylation is 1. The first kappa shape index (κ1) is 16.0. The number of carbonyl (C=O) groups is 1. The minimum absolute atomic E-state index is 0.130. The number of aromatic amines is 1. The Bertz CT molecular complexity index is 1020. The molecule has 0 saturated heterocycles. The van der Waals surface area contributed by atoms with E-state index in [1.165, 1.54) is 0 Å². The van der Waals surface area contributed by atoms with Gasteiger partial charge in [-0.1, -0.05) is 17.3 Å². The van der Waals surface area contributed by atoms with Crippen LogP contribution in [0.5, 0.6) is 0 Å². The average Bonchev–Trinajstić information content (AvgIpc) is 3.27. The second-order valence-electron chi connectivity index (χ2n) is 5.93. The van der Waals surface area contributed by atoms with Crippen molar-refractivity contribution in [3.05, 3.63) is 65.7 Å². The second-order valence-corrected chi connectivity index (χ2v) is 5.93. The number of nitrogens with one attached hydrogen (secondary N) is 2. The molecular weight excluding hydrogens is 330 g/mol. The fourth-order valence-corrected chi connectivity index (χ4v) is 2.70. The van der Waals surface area contributed by atoms with Gasteiger partial charge in [0.1, 0.15) is 5.82 Å². The molecular formula is C19H17N5O2. The van der Waals surface area contributed by atoms with Crippen LogP contribution in [0.4, 0.5) is 0 Å². The molecule has 4 aromatic rings. The molecule has 0 aliphatic heterocycles. The minimum atomic E-state index is -0.130. The predicted molar refractivity (Wildman–Crippen MR) is 96.6 cm³/mol. The Morgan fingerprint density at radius 2 is 1.92 bits per heavy atom. The number of imidazole rings is 1. The van der Waals surface area contributed by atoms with Gasteiger partial charge in [0.2, 0.25) is 0 Å². The summed E-state index contributed by atoms with van der Waals surface area (Å²) in [7, 11) is 0. The summed E-state index contributed by atoms with van der Waals surface area (Å²) >= 11 is 0. The van der Waals surface area contributed by atoms with Crippen LogP contribution in [0.2, 0.25) is 0 Å². The molecule has 0 spiro atoms. The fourth-order valence-electron chi connectivity index (χ4n) is 2.70. The second kappa shape index (κ2) is 6.79. The van der Waals surface area contributed by atoms with Crippen LogP contribution in [0.1, 0.15) is 22.0 Å². The lowest BCUT2D eigenvalue weighted by Crippen LogP contribution is -2.25. The Labute approximate surface area is 149 Å². The zero-order valence-electron chi connectivity index (χ0n) is 14.2. The van der Waals surface area contributed by atoms with E-state index in [1.807, 2.05) is 24.3 Å². The predicted octanol–water partition coefficient (Wildman–Crippen LogP) is 2.89. The molecule has 26 heavy (non-hydrogen) atoms. The first-order valence-electron chi connectivity index (χ1n) is 8.31. The lowest BCUT2D eigenvalue weighted by molar-refractivity contribution is 0.0954. The smallest absolute Gasteiger partial charge is 0.257 e. The van der Waals surface area contributed by atoms with Gasteiger partial charge in [-0.3, -0.25) is 4.79 Å². The van der Waals surface area contributed by atoms with Gasteiger partial charge in [-0.05, 0) is 43.3 Å². The van der Waals surface area contributed by atoms with E-state index in [1.54, 1.807) is 31.2 Å². The molecule has 130 valence electrons. The maximum Gasteiger partial charge on any atom is 0.257 e. The first-order chi connectivity index (χ1) is 12.7. The number of rotatable bonds is 5. The highest BCUT2D eigenvalue weighted by atomic mass is 16.5. The minimum Gasteiger partial charge on any atom is -0.352 e. The van der Waals surface area contributed by atoms with E-state index in [9.17, 15) is 4.79 Å². The van der Waals surface area contributed by atoms with Crippen molar-refractivity contribution in [2.45, 2.75) is 13.3 Å². The number of aromatic nitrogens is 4. The standard InChI is InChI=1S/C19H17N5O2/c1-12-21-19(26-24-12)14-8-6-13(7-9-14)18(25)20-11-10-17-22-15-4-2-3-5-16(15)23-17/h2-9H,10-11H2,1H3,(H,20,25)(H,22,23). The van der Waals surface area contributed by atoms with Gasteiger partial charge in [0, 0.05) is 24.1 Å². The summed E-state index contributed by atoms with van der Waals surface area (Å²) in [6, 6.07) is 14.9. The number of nitrogens with zero attached hydrogens (tertiary/aromatic N) is 3. The summed E-state index contributed by atoms with van der Waals surface area (Å²) in [6.07, 6.45) is 0.639. The molecule has 2 aromatic heterocycles. The highest BCUT2D eigenvalue weighted by molar-refractivity contribution is 5.94. The maximum atomic E-state index is 12.3. The van der Waals surface area contributed by atoms with Gasteiger partial charge in [0.15, 0.2) is 5.82 Å². The number of hydrogen-bond acceptors (Lipinski definition) is 5. The van der Waals surface area contributed by atoms with Crippen LogP contribution in [0.3, 0.4) is 0 Å². The number of hydrogen-bond donors (Lipinski definition) is 2. The third-order valence-electron chi connectivity index (χ3n) is 4.01. The van der Waals surface area contributed by atoms with Gasteiger partial charge >= 0.3 is 0 Å². The molecule has 7 heteroatoms. The molecule has 1 amide bonds. The van der Waals surface area contributed by atoms with Gasteiger partial charge in [0.25, 0.3) is 11.8 Å². The van der Waals surface area contributed by atoms with Crippen molar-refractivity contribution in [1.82, 2.24) is 25.4 Å². The number of H-pyrrole nitrogens is 1. The van der Waals surface area contributed by atoms with E-state index in [2.05, 4.69) is 25.4 Å². The maximum absolute atomic E-state index is 12.3. The highest BCUT2D eigenvalue weighted by Gasteiger charge is 2.09. The number of benzene rings is 2. The van der Waals surface area contributed by atoms with E-state index < -0.39 is 0 Å². The molecule has 0 aliphatic rings. The van der Waals surface area contributed by atoms with Crippen molar-refractivity contribution in [3.63, 3.8) is 0 Å². The Kier molecular flexibility index (Phi) is 4.18. The molecule has 0 radical (unpaired) electrons. The van der Waals surface area contributed by atoms with Gasteiger partial charge < -0.3 is 14.8 Å². The zero-order chi connectivity index (χ0) is 17.9. The summed E-state index contributed by atoms with van der Waals surface area (Å²) in [4.78, 5) is 24.2. The molecule has 0 fully saturated rings. The topological polar surface area (TPSA) is 96.7 Å². The monoisotopic (exact) mass is 347 g/mol. The van der Waals surface area contributed by atoms with Crippen molar-refractivity contribution in [2.75, 3.05) is 6.54 Å². The van der Waals surface area contributed by atoms with Crippen LogP contribution in [0.25, 0.3) is 22.5 Å². The number of fused-ring (bicyclic) bond motifs is 1. The summed E-state index contributed by atoms with van der Waals surface area (Å²) in [5, 5.41) is 6.67. The van der Waals surface area contributed by atoms with Crippen LogP contribution < -0.4 is 5.32 Å². The third-order valence-corrected chi connectivity index (χ3v) is 4.01. The molecule has 0 aliphatic carbocycles. The molecule has 0 unspecified atom stereocenters. The normalized spacial score (nSPS) is 11.0. The molecule has 7 nitrogen and oxygen atoms in total. The van der Waals surface area contributed by atoms with Crippen LogP contribution >= 0.6 is 0 Å². The summed E-state index contributed by atoms with van der Waals surface area (Å²) in [5.74, 6) is 1.75. The summed E-state index contributed by atoms with van der Waals surface area (Å²) in [6.45, 7) is 2.26. The molecule has 2 aromatic carbocycles. The van der Waals surface area contributed by atoms with Gasteiger partial charge in [-0.15, -0.1) is 0 Å². The van der Waals surface area contributed by atoms with E-state index in [-0.39, 0.29) is 5.91 Å². The van der Waals surface area contributed by atoms with Crippen LogP contribution in [-0.4, -0.2) is 32.6 Å². The molecule has 4 rings (SSSR count). The zero-order valence-corrected chi connectivity index (χ0v) is 14.2. The van der Waals surface area contributed by atoms with Crippen molar-refractivity contribution in [1.29, 1.82) is 0 Å². The SMILES string of the molecule is Cc1noc(-c2ccc(C(=O)NCCc3nc4ccccc4[nH]3)cc2)n1. The third kappa shape index (κ3) is 3.32. The van der Waals surface area contributed by atoms with Crippen molar-refractivity contribution >= 4 is 16.9 Å². The molecule has 0 bridgehead atoms. The van der Waals surface area contributed by atoms with Gasteiger partial charge in [0.05, 0.1) is 11.0 Å². The van der Waals surface area contributed by atoms with Gasteiger partial charge in [-0.2, -0.15) is 4.98 Å². The highest BCUT2D eigenvalue weighted by Crippen LogP contribution is 2.17. The van der Waals surface area contributed by atoms with E-state index in [0.29, 0.717) is 30.2 Å². The first-order valence-corrected chi connectivity index (χ1v) is 8.31. The van der Waals surface area contributed by atoms with Crippen molar-refractivity contribution in [2.24, 2.45) is 0 Å². The Morgan fingerprint density at radius 1 is 1.12 bits per heavy atom. The number of para-hydroxylation sites is 2. The Morgan fingerprint density at radius 3 is 2.65 bits per heavy atom. The average molecular weight is 347 g/mol. The Balaban J connectivity index is 1.35. The van der Waals surface area contributed by atoms with E-state index >= 15 is 0 Å². The van der Waals surface area contributed by atoms with E-state index in [0.717, 1.165) is 22.4 Å². The lowest BCUT2D eigenvalue weighted by atomic mass is 10.1. The summed E-state index contributed by atoms with van der Waals surface area (Å²) < 4.78 is 5.12. The molecule has 0 atom stereocenters. The largest absolute Gasteiger partial charge is 0.352 e. The lowest BCUT2D eigenvalue weighted by Gasteiger charge is -2.04. The molecule has 2 heterocycles. The van der Waals surface area contributed by atoms with Crippen LogP contribution in [0, 0.1) is 6.92 Å². The Hall–Kier alpha value is -3.48. The van der Waals surface area contributed by atoms with Crippen molar-refractivity contribution < 1.29 is 9.32 Å². The number of amides is 1. The van der Waals surface area contributed by atoms with Crippen molar-refractivity contribution in [3.8, 4) is 11.5 Å². The van der Waals surface area contributed by atoms with Crippen LogP contribution in [-0.2, 0) is 6.42 Å². The van der Waals surface area contributed by atoms with Crippen LogP contribution in [0.15, 0.2) is 53.1 Å². The quantitative estimate of drug-likeness (QED) is 0.578. The van der Waals surface area contributed by atoms with E-state index in [4.69, 9.17) is 4.52 Å². The van der Waals surface area contributed by atoms with Gasteiger partial charge in [-0.25, -0.2) is 4.98 Å². The number of carbonyl (C=O) groups excluding carboxylic acids is 1. The molecule has 2 N–H and O–H groups in total.